The Hall–Kier alpha value is -0.980. The molecule has 0 unspecified atom stereocenters. The molecule has 0 aromatic heterocycles. The van der Waals surface area contributed by atoms with Crippen LogP contribution in [0.5, 0.6) is 0 Å². The van der Waals surface area contributed by atoms with Crippen molar-refractivity contribution in [3.8, 4) is 0 Å². The van der Waals surface area contributed by atoms with Crippen molar-refractivity contribution in [3.05, 3.63) is 35.6 Å². The normalized spacial score (nSPS) is 18.5. The molecule has 4 nitrogen and oxygen atoms in total. The molecule has 1 heterocycles. The summed E-state index contributed by atoms with van der Waals surface area (Å²) in [5.41, 5.74) is 0.841. The molecule has 0 radical (unpaired) electrons. The second-order valence-corrected chi connectivity index (χ2v) is 9.09. The average molecular weight is 328 g/mol. The first-order valence-electron chi connectivity index (χ1n) is 7.60. The third-order valence-corrected chi connectivity index (χ3v) is 5.53. The van der Waals surface area contributed by atoms with Gasteiger partial charge in [0.15, 0.2) is 0 Å². The van der Waals surface area contributed by atoms with Crippen LogP contribution in [-0.2, 0) is 15.8 Å². The number of halogens is 1. The molecule has 22 heavy (non-hydrogen) atoms. The third-order valence-electron chi connectivity index (χ3n) is 3.68. The van der Waals surface area contributed by atoms with Gasteiger partial charge in [-0.15, -0.1) is 0 Å². The number of rotatable bonds is 4. The van der Waals surface area contributed by atoms with Gasteiger partial charge in [0.1, 0.15) is 5.82 Å². The maximum absolute atomic E-state index is 12.9. The smallest absolute Gasteiger partial charge is 0.218 e. The van der Waals surface area contributed by atoms with Crippen LogP contribution in [0.3, 0.4) is 0 Å². The van der Waals surface area contributed by atoms with Gasteiger partial charge in [0.05, 0.1) is 5.75 Å². The molecular weight excluding hydrogens is 303 g/mol. The van der Waals surface area contributed by atoms with Crippen LogP contribution in [0.25, 0.3) is 0 Å². The van der Waals surface area contributed by atoms with Gasteiger partial charge < -0.3 is 4.90 Å². The minimum Gasteiger partial charge on any atom is -0.300 e. The predicted molar refractivity (Wildman–Crippen MR) is 86.5 cm³/mol. The van der Waals surface area contributed by atoms with Crippen molar-refractivity contribution in [2.75, 3.05) is 32.7 Å². The fraction of sp³-hybridized carbons (Fsp3) is 0.625. The Bertz CT molecular complexity index is 586. The van der Waals surface area contributed by atoms with Crippen LogP contribution >= 0.6 is 0 Å². The summed E-state index contributed by atoms with van der Waals surface area (Å²) < 4.78 is 39.3. The molecule has 0 spiro atoms. The summed E-state index contributed by atoms with van der Waals surface area (Å²) in [6, 6.07) is 5.66. The molecule has 0 aliphatic carbocycles. The number of hydrogen-bond donors (Lipinski definition) is 0. The van der Waals surface area contributed by atoms with E-state index in [9.17, 15) is 12.8 Å². The highest BCUT2D eigenvalue weighted by molar-refractivity contribution is 7.88. The van der Waals surface area contributed by atoms with E-state index in [4.69, 9.17) is 0 Å². The number of piperazine rings is 1. The molecule has 0 saturated carbocycles. The zero-order valence-corrected chi connectivity index (χ0v) is 14.4. The molecule has 0 bridgehead atoms. The topological polar surface area (TPSA) is 40.6 Å². The highest BCUT2D eigenvalue weighted by atomic mass is 32.2. The van der Waals surface area contributed by atoms with Gasteiger partial charge in [0.25, 0.3) is 0 Å². The van der Waals surface area contributed by atoms with Crippen molar-refractivity contribution in [2.45, 2.75) is 26.5 Å². The Balaban J connectivity index is 1.93. The first-order valence-corrected chi connectivity index (χ1v) is 9.21. The van der Waals surface area contributed by atoms with Crippen LogP contribution < -0.4 is 0 Å². The lowest BCUT2D eigenvalue weighted by atomic mass is 9.96. The standard InChI is InChI=1S/C16H25FN2O2S/c1-16(2,3)13-18-8-10-19(11-9-18)22(20,21)12-14-4-6-15(17)7-5-14/h4-7H,8-13H2,1-3H3. The number of nitrogens with zero attached hydrogens (tertiary/aromatic N) is 2. The molecule has 1 aliphatic rings. The molecule has 1 aliphatic heterocycles. The second kappa shape index (κ2) is 6.64. The summed E-state index contributed by atoms with van der Waals surface area (Å²) in [6.45, 7) is 10.1. The maximum Gasteiger partial charge on any atom is 0.218 e. The van der Waals surface area contributed by atoms with Crippen LogP contribution in [0, 0.1) is 11.2 Å². The minimum absolute atomic E-state index is 0.0629. The molecule has 1 saturated heterocycles. The SMILES string of the molecule is CC(C)(C)CN1CCN(S(=O)(=O)Cc2ccc(F)cc2)CC1. The summed E-state index contributed by atoms with van der Waals surface area (Å²) in [5, 5.41) is 0. The van der Waals surface area contributed by atoms with E-state index in [0.29, 0.717) is 18.7 Å². The van der Waals surface area contributed by atoms with Gasteiger partial charge in [-0.25, -0.2) is 12.8 Å². The zero-order chi connectivity index (χ0) is 16.4. The summed E-state index contributed by atoms with van der Waals surface area (Å²) in [6.07, 6.45) is 0. The Morgan fingerprint density at radius 1 is 1.05 bits per heavy atom. The molecule has 0 N–H and O–H groups in total. The molecular formula is C16H25FN2O2S. The summed E-state index contributed by atoms with van der Waals surface area (Å²) in [7, 11) is -3.33. The van der Waals surface area contributed by atoms with Crippen molar-refractivity contribution < 1.29 is 12.8 Å². The van der Waals surface area contributed by atoms with Crippen molar-refractivity contribution in [3.63, 3.8) is 0 Å². The van der Waals surface area contributed by atoms with Crippen molar-refractivity contribution >= 4 is 10.0 Å². The average Bonchev–Trinajstić information content (AvgIpc) is 2.40. The number of benzene rings is 1. The molecule has 0 atom stereocenters. The lowest BCUT2D eigenvalue weighted by Gasteiger charge is -2.37. The van der Waals surface area contributed by atoms with E-state index in [-0.39, 0.29) is 17.0 Å². The highest BCUT2D eigenvalue weighted by Gasteiger charge is 2.28. The molecule has 0 amide bonds. The van der Waals surface area contributed by atoms with Crippen molar-refractivity contribution in [2.24, 2.45) is 5.41 Å². The summed E-state index contributed by atoms with van der Waals surface area (Å²) in [5.74, 6) is -0.413. The molecule has 2 rings (SSSR count). The van der Waals surface area contributed by atoms with Gasteiger partial charge in [-0.1, -0.05) is 32.9 Å². The molecule has 6 heteroatoms. The molecule has 1 aromatic rings. The van der Waals surface area contributed by atoms with Gasteiger partial charge >= 0.3 is 0 Å². The second-order valence-electron chi connectivity index (χ2n) is 7.12. The molecule has 124 valence electrons. The Morgan fingerprint density at radius 2 is 1.59 bits per heavy atom. The van der Waals surface area contributed by atoms with Crippen molar-refractivity contribution in [1.29, 1.82) is 0 Å². The van der Waals surface area contributed by atoms with E-state index in [1.54, 1.807) is 4.31 Å². The first-order chi connectivity index (χ1) is 10.2. The van der Waals surface area contributed by atoms with E-state index in [1.807, 2.05) is 0 Å². The van der Waals surface area contributed by atoms with Crippen LogP contribution in [0.2, 0.25) is 0 Å². The first kappa shape index (κ1) is 17.4. The monoisotopic (exact) mass is 328 g/mol. The maximum atomic E-state index is 12.9. The number of hydrogen-bond acceptors (Lipinski definition) is 3. The van der Waals surface area contributed by atoms with E-state index in [2.05, 4.69) is 25.7 Å². The lowest BCUT2D eigenvalue weighted by molar-refractivity contribution is 0.141. The summed E-state index contributed by atoms with van der Waals surface area (Å²) in [4.78, 5) is 2.31. The fourth-order valence-electron chi connectivity index (χ4n) is 2.72. The van der Waals surface area contributed by atoms with E-state index < -0.39 is 10.0 Å². The van der Waals surface area contributed by atoms with E-state index >= 15 is 0 Å². The predicted octanol–water partition coefficient (Wildman–Crippen LogP) is 2.32. The minimum atomic E-state index is -3.33. The molecule has 1 aromatic carbocycles. The van der Waals surface area contributed by atoms with Crippen LogP contribution in [0.15, 0.2) is 24.3 Å². The zero-order valence-electron chi connectivity index (χ0n) is 13.5. The fourth-order valence-corrected chi connectivity index (χ4v) is 4.24. The Kier molecular flexibility index (Phi) is 5.25. The van der Waals surface area contributed by atoms with E-state index in [1.165, 1.54) is 24.3 Å². The van der Waals surface area contributed by atoms with Crippen LogP contribution in [0.4, 0.5) is 4.39 Å². The van der Waals surface area contributed by atoms with Crippen LogP contribution in [-0.4, -0.2) is 50.3 Å². The molecule has 1 fully saturated rings. The quantitative estimate of drug-likeness (QED) is 0.852. The van der Waals surface area contributed by atoms with Crippen molar-refractivity contribution in [1.82, 2.24) is 9.21 Å². The highest BCUT2D eigenvalue weighted by Crippen LogP contribution is 2.18. The largest absolute Gasteiger partial charge is 0.300 e. The van der Waals surface area contributed by atoms with Gasteiger partial charge in [-0.3, -0.25) is 0 Å². The van der Waals surface area contributed by atoms with Gasteiger partial charge in [0, 0.05) is 32.7 Å². The number of sulfonamides is 1. The third kappa shape index (κ3) is 5.04. The Morgan fingerprint density at radius 3 is 2.09 bits per heavy atom. The summed E-state index contributed by atoms with van der Waals surface area (Å²) >= 11 is 0. The Labute approximate surface area is 133 Å². The van der Waals surface area contributed by atoms with E-state index in [0.717, 1.165) is 19.6 Å². The lowest BCUT2D eigenvalue weighted by Crippen LogP contribution is -2.50. The van der Waals surface area contributed by atoms with Gasteiger partial charge in [-0.2, -0.15) is 4.31 Å². The van der Waals surface area contributed by atoms with Gasteiger partial charge in [-0.05, 0) is 23.1 Å². The van der Waals surface area contributed by atoms with Gasteiger partial charge in [0.2, 0.25) is 10.0 Å². The van der Waals surface area contributed by atoms with Crippen LogP contribution in [0.1, 0.15) is 26.3 Å².